The van der Waals surface area contributed by atoms with Crippen LogP contribution in [0.5, 0.6) is 0 Å². The first-order valence-electron chi connectivity index (χ1n) is 5.45. The molecule has 1 saturated heterocycles. The monoisotopic (exact) mass is 240 g/mol. The molecule has 3 nitrogen and oxygen atoms in total. The summed E-state index contributed by atoms with van der Waals surface area (Å²) in [7, 11) is 0. The molecule has 0 spiro atoms. The first-order valence-corrected chi connectivity index (χ1v) is 5.45. The minimum Gasteiger partial charge on any atom is -0.325 e. The maximum atomic E-state index is 11.8. The molecule has 0 unspecified atom stereocenters. The van der Waals surface area contributed by atoms with Gasteiger partial charge in [-0.3, -0.25) is 4.79 Å². The van der Waals surface area contributed by atoms with Crippen molar-refractivity contribution in [3.05, 3.63) is 30.3 Å². The number of nitrogens with one attached hydrogen (secondary N) is 2. The van der Waals surface area contributed by atoms with E-state index in [1.165, 1.54) is 6.42 Å². The maximum absolute atomic E-state index is 11.8. The molecule has 16 heavy (non-hydrogen) atoms. The number of hydrogen-bond acceptors (Lipinski definition) is 2. The predicted octanol–water partition coefficient (Wildman–Crippen LogP) is 2.19. The van der Waals surface area contributed by atoms with Gasteiger partial charge in [0, 0.05) is 5.69 Å². The largest absolute Gasteiger partial charge is 0.325 e. The molecule has 0 bridgehead atoms. The van der Waals surface area contributed by atoms with Crippen LogP contribution in [0, 0.1) is 0 Å². The van der Waals surface area contributed by atoms with Gasteiger partial charge in [0.25, 0.3) is 0 Å². The van der Waals surface area contributed by atoms with Crippen LogP contribution in [0.3, 0.4) is 0 Å². The summed E-state index contributed by atoms with van der Waals surface area (Å²) >= 11 is 0. The van der Waals surface area contributed by atoms with E-state index < -0.39 is 0 Å². The molecular weight excluding hydrogens is 224 g/mol. The van der Waals surface area contributed by atoms with Crippen molar-refractivity contribution >= 4 is 24.0 Å². The number of rotatable bonds is 2. The third kappa shape index (κ3) is 3.51. The fraction of sp³-hybridized carbons (Fsp3) is 0.417. The minimum absolute atomic E-state index is 0. The number of hydrogen-bond donors (Lipinski definition) is 2. The van der Waals surface area contributed by atoms with Crippen LogP contribution in [-0.4, -0.2) is 18.5 Å². The van der Waals surface area contributed by atoms with E-state index in [0.717, 1.165) is 25.1 Å². The van der Waals surface area contributed by atoms with Crippen LogP contribution in [-0.2, 0) is 4.79 Å². The molecule has 0 aliphatic carbocycles. The van der Waals surface area contributed by atoms with Crippen molar-refractivity contribution in [2.24, 2.45) is 0 Å². The topological polar surface area (TPSA) is 41.1 Å². The van der Waals surface area contributed by atoms with Crippen LogP contribution in [0.15, 0.2) is 30.3 Å². The molecule has 1 fully saturated rings. The number of halogens is 1. The number of amides is 1. The summed E-state index contributed by atoms with van der Waals surface area (Å²) in [5.74, 6) is 0.0842. The average molecular weight is 241 g/mol. The molecule has 1 heterocycles. The molecule has 1 aliphatic heterocycles. The summed E-state index contributed by atoms with van der Waals surface area (Å²) in [6.45, 7) is 0.951. The highest BCUT2D eigenvalue weighted by molar-refractivity contribution is 5.94. The standard InChI is InChI=1S/C12H16N2O.ClH/c15-12(11-8-4-5-9-13-11)14-10-6-2-1-3-7-10;/h1-3,6-7,11,13H,4-5,8-9H2,(H,14,15);1H/t11-;/m1./s1. The van der Waals surface area contributed by atoms with Crippen LogP contribution in [0.1, 0.15) is 19.3 Å². The van der Waals surface area contributed by atoms with E-state index in [0.29, 0.717) is 0 Å². The van der Waals surface area contributed by atoms with Crippen molar-refractivity contribution in [3.8, 4) is 0 Å². The van der Waals surface area contributed by atoms with Gasteiger partial charge in [0.05, 0.1) is 6.04 Å². The van der Waals surface area contributed by atoms with Crippen molar-refractivity contribution < 1.29 is 4.79 Å². The van der Waals surface area contributed by atoms with Gasteiger partial charge in [0.2, 0.25) is 5.91 Å². The van der Waals surface area contributed by atoms with Gasteiger partial charge in [0.1, 0.15) is 0 Å². The Morgan fingerprint density at radius 3 is 2.62 bits per heavy atom. The average Bonchev–Trinajstić information content (AvgIpc) is 2.31. The predicted molar refractivity (Wildman–Crippen MR) is 68.0 cm³/mol. The van der Waals surface area contributed by atoms with Crippen LogP contribution >= 0.6 is 12.4 Å². The van der Waals surface area contributed by atoms with E-state index in [2.05, 4.69) is 10.6 Å². The van der Waals surface area contributed by atoms with E-state index in [4.69, 9.17) is 0 Å². The summed E-state index contributed by atoms with van der Waals surface area (Å²) in [5, 5.41) is 6.14. The Labute approximate surface area is 102 Å². The lowest BCUT2D eigenvalue weighted by atomic mass is 10.0. The fourth-order valence-corrected chi connectivity index (χ4v) is 1.83. The zero-order chi connectivity index (χ0) is 10.5. The number of piperidine rings is 1. The number of carbonyl (C=O) groups excluding carboxylic acids is 1. The van der Waals surface area contributed by atoms with Crippen molar-refractivity contribution in [1.29, 1.82) is 0 Å². The number of carbonyl (C=O) groups is 1. The first kappa shape index (κ1) is 13.0. The lowest BCUT2D eigenvalue weighted by molar-refractivity contribution is -0.118. The van der Waals surface area contributed by atoms with Crippen molar-refractivity contribution in [3.63, 3.8) is 0 Å². The van der Waals surface area contributed by atoms with Gasteiger partial charge >= 0.3 is 0 Å². The SMILES string of the molecule is Cl.O=C(Nc1ccccc1)[C@H]1CCCCN1. The highest BCUT2D eigenvalue weighted by Gasteiger charge is 2.19. The van der Waals surface area contributed by atoms with Crippen molar-refractivity contribution in [2.45, 2.75) is 25.3 Å². The van der Waals surface area contributed by atoms with Crippen LogP contribution in [0.25, 0.3) is 0 Å². The van der Waals surface area contributed by atoms with Crippen LogP contribution < -0.4 is 10.6 Å². The van der Waals surface area contributed by atoms with E-state index in [9.17, 15) is 4.79 Å². The molecule has 88 valence electrons. The fourth-order valence-electron chi connectivity index (χ4n) is 1.83. The quantitative estimate of drug-likeness (QED) is 0.832. The second-order valence-corrected chi connectivity index (χ2v) is 3.86. The lowest BCUT2D eigenvalue weighted by Crippen LogP contribution is -2.43. The number of para-hydroxylation sites is 1. The molecule has 0 saturated carbocycles. The minimum atomic E-state index is -0.0149. The molecule has 1 aromatic rings. The van der Waals surface area contributed by atoms with Gasteiger partial charge in [-0.15, -0.1) is 12.4 Å². The van der Waals surface area contributed by atoms with Gasteiger partial charge in [-0.05, 0) is 31.5 Å². The Hall–Kier alpha value is -1.06. The molecule has 4 heteroatoms. The zero-order valence-corrected chi connectivity index (χ0v) is 9.93. The normalized spacial score (nSPS) is 19.6. The molecule has 2 N–H and O–H groups in total. The van der Waals surface area contributed by atoms with Crippen LogP contribution in [0.4, 0.5) is 5.69 Å². The maximum Gasteiger partial charge on any atom is 0.241 e. The Kier molecular flexibility index (Phi) is 5.29. The lowest BCUT2D eigenvalue weighted by Gasteiger charge is -2.22. The summed E-state index contributed by atoms with van der Waals surface area (Å²) in [6, 6.07) is 9.57. The molecular formula is C12H17ClN2O. The Morgan fingerprint density at radius 1 is 1.25 bits per heavy atom. The zero-order valence-electron chi connectivity index (χ0n) is 9.11. The van der Waals surface area contributed by atoms with Gasteiger partial charge in [-0.25, -0.2) is 0 Å². The van der Waals surface area contributed by atoms with Gasteiger partial charge in [-0.2, -0.15) is 0 Å². The highest BCUT2D eigenvalue weighted by atomic mass is 35.5. The molecule has 1 aliphatic rings. The Bertz CT molecular complexity index is 323. The second-order valence-electron chi connectivity index (χ2n) is 3.86. The molecule has 0 radical (unpaired) electrons. The molecule has 2 rings (SSSR count). The molecule has 1 aromatic carbocycles. The first-order chi connectivity index (χ1) is 7.36. The summed E-state index contributed by atoms with van der Waals surface area (Å²) in [5.41, 5.74) is 0.870. The summed E-state index contributed by atoms with van der Waals surface area (Å²) < 4.78 is 0. The van der Waals surface area contributed by atoms with Gasteiger partial charge in [0.15, 0.2) is 0 Å². The highest BCUT2D eigenvalue weighted by Crippen LogP contribution is 2.10. The van der Waals surface area contributed by atoms with Gasteiger partial charge < -0.3 is 10.6 Å². The molecule has 0 aromatic heterocycles. The van der Waals surface area contributed by atoms with Crippen molar-refractivity contribution in [1.82, 2.24) is 5.32 Å². The van der Waals surface area contributed by atoms with E-state index in [1.807, 2.05) is 30.3 Å². The third-order valence-electron chi connectivity index (χ3n) is 2.67. The number of anilines is 1. The van der Waals surface area contributed by atoms with E-state index in [-0.39, 0.29) is 24.4 Å². The van der Waals surface area contributed by atoms with Crippen molar-refractivity contribution in [2.75, 3.05) is 11.9 Å². The summed E-state index contributed by atoms with van der Waals surface area (Å²) in [4.78, 5) is 11.8. The molecule has 1 atom stereocenters. The van der Waals surface area contributed by atoms with Gasteiger partial charge in [-0.1, -0.05) is 24.6 Å². The summed E-state index contributed by atoms with van der Waals surface area (Å²) in [6.07, 6.45) is 3.26. The second kappa shape index (κ2) is 6.51. The van der Waals surface area contributed by atoms with E-state index >= 15 is 0 Å². The molecule has 1 amide bonds. The number of benzene rings is 1. The third-order valence-corrected chi connectivity index (χ3v) is 2.67. The van der Waals surface area contributed by atoms with Crippen LogP contribution in [0.2, 0.25) is 0 Å². The van der Waals surface area contributed by atoms with E-state index in [1.54, 1.807) is 0 Å². The smallest absolute Gasteiger partial charge is 0.241 e. The Morgan fingerprint density at radius 2 is 2.00 bits per heavy atom. The Balaban J connectivity index is 0.00000128.